The first-order chi connectivity index (χ1) is 9.58. The molecule has 1 saturated heterocycles. The predicted molar refractivity (Wildman–Crippen MR) is 82.1 cm³/mol. The topological polar surface area (TPSA) is 45.6 Å². The van der Waals surface area contributed by atoms with E-state index in [0.29, 0.717) is 0 Å². The molecule has 0 amide bonds. The highest BCUT2D eigenvalue weighted by Crippen LogP contribution is 2.34. The number of aromatic nitrogens is 1. The molecule has 4 nitrogen and oxygen atoms in total. The van der Waals surface area contributed by atoms with Gasteiger partial charge in [-0.3, -0.25) is 4.90 Å². The molecule has 20 heavy (non-hydrogen) atoms. The van der Waals surface area contributed by atoms with Crippen LogP contribution in [-0.2, 0) is 11.3 Å². The number of piperidine rings is 1. The molecule has 2 rings (SSSR count). The van der Waals surface area contributed by atoms with E-state index in [4.69, 9.17) is 4.74 Å². The van der Waals surface area contributed by atoms with E-state index >= 15 is 0 Å². The van der Waals surface area contributed by atoms with Crippen molar-refractivity contribution in [1.29, 1.82) is 0 Å². The number of aliphatic hydroxyl groups is 1. The zero-order valence-corrected chi connectivity index (χ0v) is 13.6. The number of hydrogen-bond donors (Lipinski definition) is 1. The first kappa shape index (κ1) is 15.9. The number of nitrogens with zero attached hydrogens (tertiary/aromatic N) is 2. The monoisotopic (exact) mass is 298 g/mol. The molecule has 1 aliphatic rings. The normalized spacial score (nSPS) is 24.2. The van der Waals surface area contributed by atoms with Crippen molar-refractivity contribution in [2.45, 2.75) is 39.7 Å². The van der Waals surface area contributed by atoms with E-state index in [1.54, 1.807) is 18.4 Å². The summed E-state index contributed by atoms with van der Waals surface area (Å²) in [6, 6.07) is 0. The van der Waals surface area contributed by atoms with Crippen molar-refractivity contribution >= 4 is 11.3 Å². The van der Waals surface area contributed by atoms with E-state index in [1.807, 2.05) is 0 Å². The Bertz CT molecular complexity index is 416. The number of ether oxygens (including phenoxy) is 1. The van der Waals surface area contributed by atoms with E-state index in [9.17, 15) is 5.11 Å². The van der Waals surface area contributed by atoms with Gasteiger partial charge in [-0.2, -0.15) is 0 Å². The Hall–Kier alpha value is -0.490. The lowest BCUT2D eigenvalue weighted by Gasteiger charge is -2.41. The zero-order valence-electron chi connectivity index (χ0n) is 12.8. The molecule has 1 aliphatic heterocycles. The molecule has 0 spiro atoms. The minimum atomic E-state index is 0.00953. The van der Waals surface area contributed by atoms with Crippen LogP contribution in [0.15, 0.2) is 0 Å². The lowest BCUT2D eigenvalue weighted by atomic mass is 9.78. The van der Waals surface area contributed by atoms with E-state index in [2.05, 4.69) is 23.7 Å². The van der Waals surface area contributed by atoms with Crippen molar-refractivity contribution in [1.82, 2.24) is 9.88 Å². The van der Waals surface area contributed by atoms with Crippen LogP contribution in [0.4, 0.5) is 0 Å². The molecule has 114 valence electrons. The molecule has 1 N–H and O–H groups in total. The molecule has 0 bridgehead atoms. The van der Waals surface area contributed by atoms with Gasteiger partial charge in [0.2, 0.25) is 0 Å². The van der Waals surface area contributed by atoms with Crippen molar-refractivity contribution in [3.63, 3.8) is 0 Å². The highest BCUT2D eigenvalue weighted by molar-refractivity contribution is 7.11. The molecular formula is C15H26N2O2S. The summed E-state index contributed by atoms with van der Waals surface area (Å²) in [5.74, 6) is 0. The molecule has 1 fully saturated rings. The van der Waals surface area contributed by atoms with Gasteiger partial charge in [-0.25, -0.2) is 4.98 Å². The molecule has 0 aliphatic carbocycles. The van der Waals surface area contributed by atoms with E-state index in [1.165, 1.54) is 9.88 Å². The fourth-order valence-electron chi connectivity index (χ4n) is 2.97. The maximum absolute atomic E-state index is 9.81. The molecule has 0 saturated carbocycles. The minimum absolute atomic E-state index is 0.00953. The minimum Gasteiger partial charge on any atom is -0.396 e. The second-order valence-electron chi connectivity index (χ2n) is 5.96. The predicted octanol–water partition coefficient (Wildman–Crippen LogP) is 2.37. The van der Waals surface area contributed by atoms with Gasteiger partial charge in [0.25, 0.3) is 0 Å². The van der Waals surface area contributed by atoms with Crippen molar-refractivity contribution in [3.05, 3.63) is 15.6 Å². The molecular weight excluding hydrogens is 272 g/mol. The van der Waals surface area contributed by atoms with Crippen molar-refractivity contribution in [2.75, 3.05) is 33.4 Å². The third kappa shape index (κ3) is 3.79. The first-order valence-corrected chi connectivity index (χ1v) is 8.15. The molecule has 1 unspecified atom stereocenters. The Morgan fingerprint density at radius 3 is 2.85 bits per heavy atom. The number of methoxy groups -OCH3 is 1. The summed E-state index contributed by atoms with van der Waals surface area (Å²) in [5.41, 5.74) is 1.16. The van der Waals surface area contributed by atoms with Crippen LogP contribution in [0, 0.1) is 19.3 Å². The Kier molecular flexibility index (Phi) is 5.55. The maximum Gasteiger partial charge on any atom is 0.107 e. The van der Waals surface area contributed by atoms with Crippen LogP contribution < -0.4 is 0 Å². The molecule has 0 aromatic carbocycles. The highest BCUT2D eigenvalue weighted by atomic mass is 32.1. The fourth-order valence-corrected chi connectivity index (χ4v) is 3.95. The van der Waals surface area contributed by atoms with Gasteiger partial charge in [0.05, 0.1) is 18.8 Å². The molecule has 0 radical (unpaired) electrons. The van der Waals surface area contributed by atoms with Crippen molar-refractivity contribution in [3.8, 4) is 0 Å². The number of aryl methyl sites for hydroxylation is 2. The Morgan fingerprint density at radius 2 is 2.25 bits per heavy atom. The Labute approximate surface area is 125 Å². The van der Waals surface area contributed by atoms with Crippen molar-refractivity contribution < 1.29 is 9.84 Å². The van der Waals surface area contributed by atoms with Gasteiger partial charge < -0.3 is 9.84 Å². The second-order valence-corrected chi connectivity index (χ2v) is 7.25. The van der Waals surface area contributed by atoms with Crippen LogP contribution in [-0.4, -0.2) is 48.4 Å². The van der Waals surface area contributed by atoms with E-state index in [-0.39, 0.29) is 12.0 Å². The van der Waals surface area contributed by atoms with Crippen LogP contribution in [0.3, 0.4) is 0 Å². The quantitative estimate of drug-likeness (QED) is 0.876. The summed E-state index contributed by atoms with van der Waals surface area (Å²) in [4.78, 5) is 8.38. The number of rotatable bonds is 6. The summed E-state index contributed by atoms with van der Waals surface area (Å²) in [6.07, 6.45) is 3.18. The third-order valence-corrected chi connectivity index (χ3v) is 5.40. The maximum atomic E-state index is 9.81. The molecule has 1 aromatic heterocycles. The average Bonchev–Trinajstić information content (AvgIpc) is 2.75. The molecule has 5 heteroatoms. The number of likely N-dealkylation sites (tertiary alicyclic amines) is 1. The Balaban J connectivity index is 1.98. The SMILES string of the molecule is COCCC1(CO)CCCN(Cc2nc(C)c(C)s2)C1. The van der Waals surface area contributed by atoms with Crippen LogP contribution >= 0.6 is 11.3 Å². The van der Waals surface area contributed by atoms with Gasteiger partial charge in [0.15, 0.2) is 0 Å². The Morgan fingerprint density at radius 1 is 1.45 bits per heavy atom. The fraction of sp³-hybridized carbons (Fsp3) is 0.800. The van der Waals surface area contributed by atoms with Gasteiger partial charge in [0, 0.05) is 30.6 Å². The van der Waals surface area contributed by atoms with Gasteiger partial charge in [0.1, 0.15) is 5.01 Å². The zero-order chi connectivity index (χ0) is 14.6. The molecule has 1 atom stereocenters. The van der Waals surface area contributed by atoms with Gasteiger partial charge in [-0.1, -0.05) is 0 Å². The van der Waals surface area contributed by atoms with E-state index in [0.717, 1.165) is 51.2 Å². The van der Waals surface area contributed by atoms with Crippen LogP contribution in [0.5, 0.6) is 0 Å². The standard InChI is InChI=1S/C15H26N2O2S/c1-12-13(2)20-14(16-12)9-17-7-4-5-15(10-17,11-18)6-8-19-3/h18H,4-11H2,1-3H3. The summed E-state index contributed by atoms with van der Waals surface area (Å²) >= 11 is 1.79. The van der Waals surface area contributed by atoms with E-state index < -0.39 is 0 Å². The van der Waals surface area contributed by atoms with Crippen LogP contribution in [0.1, 0.15) is 34.8 Å². The lowest BCUT2D eigenvalue weighted by molar-refractivity contribution is 0.00473. The number of hydrogen-bond acceptors (Lipinski definition) is 5. The summed E-state index contributed by atoms with van der Waals surface area (Å²) in [5, 5.41) is 11.0. The van der Waals surface area contributed by atoms with Gasteiger partial charge in [-0.05, 0) is 39.7 Å². The lowest BCUT2D eigenvalue weighted by Crippen LogP contribution is -2.45. The van der Waals surface area contributed by atoms with Crippen molar-refractivity contribution in [2.24, 2.45) is 5.41 Å². The smallest absolute Gasteiger partial charge is 0.107 e. The first-order valence-electron chi connectivity index (χ1n) is 7.34. The molecule has 2 heterocycles. The van der Waals surface area contributed by atoms with Gasteiger partial charge >= 0.3 is 0 Å². The summed E-state index contributed by atoms with van der Waals surface area (Å²) < 4.78 is 5.20. The number of aliphatic hydroxyl groups excluding tert-OH is 1. The summed E-state index contributed by atoms with van der Waals surface area (Å²) in [6.45, 7) is 8.14. The third-order valence-electron chi connectivity index (χ3n) is 4.34. The second kappa shape index (κ2) is 6.98. The van der Waals surface area contributed by atoms with Crippen LogP contribution in [0.2, 0.25) is 0 Å². The van der Waals surface area contributed by atoms with Crippen LogP contribution in [0.25, 0.3) is 0 Å². The summed E-state index contributed by atoms with van der Waals surface area (Å²) in [7, 11) is 1.73. The largest absolute Gasteiger partial charge is 0.396 e. The number of thiazole rings is 1. The molecule has 1 aromatic rings. The van der Waals surface area contributed by atoms with Gasteiger partial charge in [-0.15, -0.1) is 11.3 Å². The average molecular weight is 298 g/mol. The highest BCUT2D eigenvalue weighted by Gasteiger charge is 2.34.